The molecule has 3 aromatic rings. The van der Waals surface area contributed by atoms with E-state index in [0.29, 0.717) is 25.0 Å². The highest BCUT2D eigenvalue weighted by Crippen LogP contribution is 2.41. The third-order valence-corrected chi connectivity index (χ3v) is 6.31. The first-order valence-corrected chi connectivity index (χ1v) is 12.6. The Morgan fingerprint density at radius 2 is 1.57 bits per heavy atom. The second kappa shape index (κ2) is 13.6. The van der Waals surface area contributed by atoms with Crippen molar-refractivity contribution in [1.82, 2.24) is 4.90 Å². The lowest BCUT2D eigenvalue weighted by Gasteiger charge is -2.29. The van der Waals surface area contributed by atoms with Crippen LogP contribution >= 0.6 is 0 Å². The smallest absolute Gasteiger partial charge is 0.290 e. The molecule has 0 bridgehead atoms. The van der Waals surface area contributed by atoms with Crippen LogP contribution in [0.3, 0.4) is 0 Å². The number of rotatable bonds is 11. The maximum absolute atomic E-state index is 13.4. The molecule has 0 saturated heterocycles. The molecule has 0 atom stereocenters. The molecule has 1 aliphatic carbocycles. The summed E-state index contributed by atoms with van der Waals surface area (Å²) in [5.41, 5.74) is 2.04. The van der Waals surface area contributed by atoms with E-state index in [2.05, 4.69) is 6.92 Å². The molecule has 7 heteroatoms. The molecule has 196 valence electrons. The summed E-state index contributed by atoms with van der Waals surface area (Å²) in [4.78, 5) is 23.4. The Labute approximate surface area is 217 Å². The zero-order chi connectivity index (χ0) is 26.7. The molecule has 0 unspecified atom stereocenters. The molecule has 0 aliphatic heterocycles. The average molecular weight is 508 g/mol. The van der Waals surface area contributed by atoms with Gasteiger partial charge in [0, 0.05) is 11.1 Å². The third-order valence-electron chi connectivity index (χ3n) is 6.31. The van der Waals surface area contributed by atoms with E-state index in [-0.39, 0.29) is 24.7 Å². The van der Waals surface area contributed by atoms with Crippen molar-refractivity contribution in [2.24, 2.45) is 0 Å². The Balaban J connectivity index is 0.00000121. The second-order valence-electron chi connectivity index (χ2n) is 9.08. The van der Waals surface area contributed by atoms with Crippen LogP contribution in [-0.2, 0) is 11.3 Å². The quantitative estimate of drug-likeness (QED) is 0.181. The zero-order valence-corrected chi connectivity index (χ0v) is 21.1. The topological polar surface area (TPSA) is 87.1 Å². The number of benzene rings is 3. The van der Waals surface area contributed by atoms with Gasteiger partial charge in [0.25, 0.3) is 12.4 Å². The molecule has 0 radical (unpaired) electrons. The van der Waals surface area contributed by atoms with Gasteiger partial charge in [-0.15, -0.1) is 0 Å². The standard InChI is InChI=1S/C29H32FNO3.CH2O2/c1-2-3-4-7-20-34-27-9-6-5-8-25(27)21-31(29(33)18-19-29)28(32)24-12-10-22(11-13-24)23-14-16-26(30)17-15-23;2-1-3/h5-6,8-17,33H,2-4,7,18-21H2,1H3;1H,(H,2,3). The van der Waals surface area contributed by atoms with Crippen molar-refractivity contribution in [3.63, 3.8) is 0 Å². The van der Waals surface area contributed by atoms with Gasteiger partial charge in [0.1, 0.15) is 17.3 Å². The molecule has 1 fully saturated rings. The Morgan fingerprint density at radius 1 is 0.973 bits per heavy atom. The monoisotopic (exact) mass is 507 g/mol. The summed E-state index contributed by atoms with van der Waals surface area (Å²) in [7, 11) is 0. The van der Waals surface area contributed by atoms with Gasteiger partial charge in [0.2, 0.25) is 0 Å². The predicted molar refractivity (Wildman–Crippen MR) is 141 cm³/mol. The van der Waals surface area contributed by atoms with Gasteiger partial charge in [-0.05, 0) is 60.7 Å². The van der Waals surface area contributed by atoms with Crippen molar-refractivity contribution < 1.29 is 28.9 Å². The van der Waals surface area contributed by atoms with Gasteiger partial charge in [-0.1, -0.05) is 68.7 Å². The molecular weight excluding hydrogens is 473 g/mol. The van der Waals surface area contributed by atoms with Crippen molar-refractivity contribution >= 4 is 12.4 Å². The Bertz CT molecular complexity index is 1140. The van der Waals surface area contributed by atoms with E-state index in [4.69, 9.17) is 14.6 Å². The number of aliphatic hydroxyl groups is 1. The maximum atomic E-state index is 13.4. The fourth-order valence-corrected chi connectivity index (χ4v) is 4.05. The molecule has 3 aromatic carbocycles. The number of carboxylic acid groups (broad SMARTS) is 1. The normalized spacial score (nSPS) is 13.2. The number of hydrogen-bond acceptors (Lipinski definition) is 4. The lowest BCUT2D eigenvalue weighted by molar-refractivity contribution is -0.122. The molecule has 37 heavy (non-hydrogen) atoms. The number of halogens is 1. The summed E-state index contributed by atoms with van der Waals surface area (Å²) in [6.07, 6.45) is 5.63. The van der Waals surface area contributed by atoms with Crippen LogP contribution in [0.1, 0.15) is 61.4 Å². The molecular formula is C30H34FNO5. The summed E-state index contributed by atoms with van der Waals surface area (Å²) in [6.45, 7) is 2.85. The van der Waals surface area contributed by atoms with Gasteiger partial charge >= 0.3 is 0 Å². The van der Waals surface area contributed by atoms with Crippen molar-refractivity contribution in [1.29, 1.82) is 0 Å². The molecule has 1 aliphatic rings. The van der Waals surface area contributed by atoms with E-state index in [1.54, 1.807) is 29.2 Å². The molecule has 0 aromatic heterocycles. The number of amides is 1. The van der Waals surface area contributed by atoms with Crippen LogP contribution in [0.2, 0.25) is 0 Å². The van der Waals surface area contributed by atoms with Crippen molar-refractivity contribution in [2.75, 3.05) is 6.61 Å². The van der Waals surface area contributed by atoms with Crippen LogP contribution in [0, 0.1) is 5.82 Å². The predicted octanol–water partition coefficient (Wildman–Crippen LogP) is 6.28. The molecule has 0 spiro atoms. The number of hydrogen-bond donors (Lipinski definition) is 2. The first kappa shape index (κ1) is 27.9. The van der Waals surface area contributed by atoms with Gasteiger partial charge < -0.3 is 19.8 Å². The third kappa shape index (κ3) is 7.89. The molecule has 2 N–H and O–H groups in total. The lowest BCUT2D eigenvalue weighted by atomic mass is 10.0. The molecule has 1 saturated carbocycles. The van der Waals surface area contributed by atoms with Gasteiger partial charge in [0.15, 0.2) is 0 Å². The Kier molecular flexibility index (Phi) is 10.2. The van der Waals surface area contributed by atoms with E-state index >= 15 is 0 Å². The van der Waals surface area contributed by atoms with Gasteiger partial charge in [-0.25, -0.2) is 4.39 Å². The fourth-order valence-electron chi connectivity index (χ4n) is 4.05. The average Bonchev–Trinajstić information content (AvgIpc) is 3.66. The van der Waals surface area contributed by atoms with Gasteiger partial charge in [0.05, 0.1) is 13.2 Å². The lowest BCUT2D eigenvalue weighted by Crippen LogP contribution is -2.41. The maximum Gasteiger partial charge on any atom is 0.290 e. The van der Waals surface area contributed by atoms with Crippen LogP contribution in [0.25, 0.3) is 11.1 Å². The number of nitrogens with zero attached hydrogens (tertiary/aromatic N) is 1. The van der Waals surface area contributed by atoms with Gasteiger partial charge in [-0.2, -0.15) is 0 Å². The second-order valence-corrected chi connectivity index (χ2v) is 9.08. The first-order chi connectivity index (χ1) is 17.9. The summed E-state index contributed by atoms with van der Waals surface area (Å²) >= 11 is 0. The van der Waals surface area contributed by atoms with Gasteiger partial charge in [-0.3, -0.25) is 9.59 Å². The number of ether oxygens (including phenoxy) is 1. The number of para-hydroxylation sites is 1. The molecule has 0 heterocycles. The summed E-state index contributed by atoms with van der Waals surface area (Å²) in [6, 6.07) is 21.2. The summed E-state index contributed by atoms with van der Waals surface area (Å²) < 4.78 is 19.3. The van der Waals surface area contributed by atoms with E-state index in [0.717, 1.165) is 35.3 Å². The van der Waals surface area contributed by atoms with E-state index in [1.165, 1.54) is 25.0 Å². The fraction of sp³-hybridized carbons (Fsp3) is 0.333. The summed E-state index contributed by atoms with van der Waals surface area (Å²) in [5.74, 6) is 0.255. The van der Waals surface area contributed by atoms with Crippen LogP contribution < -0.4 is 4.74 Å². The minimum absolute atomic E-state index is 0.219. The van der Waals surface area contributed by atoms with E-state index < -0.39 is 5.72 Å². The highest BCUT2D eigenvalue weighted by atomic mass is 19.1. The minimum Gasteiger partial charge on any atom is -0.493 e. The van der Waals surface area contributed by atoms with Crippen LogP contribution in [0.5, 0.6) is 5.75 Å². The largest absolute Gasteiger partial charge is 0.493 e. The van der Waals surface area contributed by atoms with Crippen LogP contribution in [0.4, 0.5) is 4.39 Å². The van der Waals surface area contributed by atoms with E-state index in [1.807, 2.05) is 36.4 Å². The SMILES string of the molecule is CCCCCCOc1ccccc1CN(C(=O)c1ccc(-c2ccc(F)cc2)cc1)C1(O)CC1.O=CO. The first-order valence-electron chi connectivity index (χ1n) is 12.6. The highest BCUT2D eigenvalue weighted by Gasteiger charge is 2.49. The Hall–Kier alpha value is -3.71. The highest BCUT2D eigenvalue weighted by molar-refractivity contribution is 5.95. The molecule has 4 rings (SSSR count). The van der Waals surface area contributed by atoms with Crippen molar-refractivity contribution in [3.8, 4) is 16.9 Å². The van der Waals surface area contributed by atoms with Crippen LogP contribution in [-0.4, -0.2) is 39.8 Å². The molecule has 1 amide bonds. The molecule has 6 nitrogen and oxygen atoms in total. The number of unbranched alkanes of at least 4 members (excludes halogenated alkanes) is 3. The Morgan fingerprint density at radius 3 is 2.16 bits per heavy atom. The van der Waals surface area contributed by atoms with Crippen molar-refractivity contribution in [2.45, 2.75) is 57.7 Å². The minimum atomic E-state index is -1.12. The summed E-state index contributed by atoms with van der Waals surface area (Å²) in [5, 5.41) is 17.8. The zero-order valence-electron chi connectivity index (χ0n) is 21.1. The number of carbonyl (C=O) groups is 2. The number of carbonyl (C=O) groups excluding carboxylic acids is 1. The van der Waals surface area contributed by atoms with Crippen LogP contribution in [0.15, 0.2) is 72.8 Å². The van der Waals surface area contributed by atoms with E-state index in [9.17, 15) is 14.3 Å². The van der Waals surface area contributed by atoms with Crippen molar-refractivity contribution in [3.05, 3.63) is 89.7 Å².